The van der Waals surface area contributed by atoms with Gasteiger partial charge < -0.3 is 19.3 Å². The zero-order chi connectivity index (χ0) is 24.9. The summed E-state index contributed by atoms with van der Waals surface area (Å²) in [7, 11) is -3.63. The van der Waals surface area contributed by atoms with Crippen LogP contribution in [0.1, 0.15) is 25.7 Å². The second-order valence-corrected chi connectivity index (χ2v) is 10.3. The number of rotatable bonds is 7. The molecule has 0 aliphatic carbocycles. The Bertz CT molecular complexity index is 939. The second kappa shape index (κ2) is 11.1. The summed E-state index contributed by atoms with van der Waals surface area (Å²) in [5.41, 5.74) is 0.504. The Labute approximate surface area is 196 Å². The summed E-state index contributed by atoms with van der Waals surface area (Å²) in [5.74, 6) is -0.313. The van der Waals surface area contributed by atoms with Gasteiger partial charge in [0.1, 0.15) is 5.82 Å². The average molecular weight is 512 g/mol. The van der Waals surface area contributed by atoms with Gasteiger partial charge in [0.2, 0.25) is 10.0 Å². The first-order valence-corrected chi connectivity index (χ1v) is 12.9. The highest BCUT2D eigenvalue weighted by Crippen LogP contribution is 2.26. The fourth-order valence-corrected chi connectivity index (χ4v) is 5.16. The zero-order valence-corrected chi connectivity index (χ0v) is 19.6. The standard InChI is InChI=1S/C21H29F4N3O5S/c1-34(30,31)26-17-6-4-10-28(20(29)33-14-21(23,24)25)19(17)13-32-15-8-11-27(12-9-15)18-7-3-2-5-16(18)22/h2-3,5,7,15,17,19,26H,4,6,8-14H2,1H3. The summed E-state index contributed by atoms with van der Waals surface area (Å²) in [4.78, 5) is 15.4. The Kier molecular flexibility index (Phi) is 8.63. The van der Waals surface area contributed by atoms with Crippen molar-refractivity contribution in [3.63, 3.8) is 0 Å². The molecule has 0 saturated carbocycles. The molecule has 1 aromatic carbocycles. The molecule has 0 bridgehead atoms. The Morgan fingerprint density at radius 3 is 2.44 bits per heavy atom. The van der Waals surface area contributed by atoms with Gasteiger partial charge in [0.05, 0.1) is 30.7 Å². The first-order chi connectivity index (χ1) is 15.9. The number of hydrogen-bond donors (Lipinski definition) is 1. The van der Waals surface area contributed by atoms with Crippen molar-refractivity contribution < 1.29 is 40.2 Å². The van der Waals surface area contributed by atoms with Crippen molar-refractivity contribution in [1.82, 2.24) is 9.62 Å². The molecule has 2 fully saturated rings. The van der Waals surface area contributed by atoms with Crippen LogP contribution in [0.15, 0.2) is 24.3 Å². The van der Waals surface area contributed by atoms with Gasteiger partial charge in [0.25, 0.3) is 0 Å². The van der Waals surface area contributed by atoms with E-state index < -0.39 is 41.0 Å². The maximum atomic E-state index is 14.0. The minimum absolute atomic E-state index is 0.0708. The van der Waals surface area contributed by atoms with E-state index in [1.165, 1.54) is 6.07 Å². The molecule has 2 heterocycles. The molecule has 0 radical (unpaired) electrons. The van der Waals surface area contributed by atoms with E-state index in [4.69, 9.17) is 4.74 Å². The summed E-state index contributed by atoms with van der Waals surface area (Å²) < 4.78 is 88.0. The van der Waals surface area contributed by atoms with E-state index in [0.29, 0.717) is 44.5 Å². The summed E-state index contributed by atoms with van der Waals surface area (Å²) in [5, 5.41) is 0. The van der Waals surface area contributed by atoms with E-state index in [9.17, 15) is 30.8 Å². The number of sulfonamides is 1. The van der Waals surface area contributed by atoms with Gasteiger partial charge in [0, 0.05) is 25.7 Å². The van der Waals surface area contributed by atoms with E-state index in [1.54, 1.807) is 18.2 Å². The highest BCUT2D eigenvalue weighted by atomic mass is 32.2. The number of para-hydroxylation sites is 1. The summed E-state index contributed by atoms with van der Waals surface area (Å²) >= 11 is 0. The van der Waals surface area contributed by atoms with Crippen LogP contribution < -0.4 is 9.62 Å². The maximum absolute atomic E-state index is 14.0. The number of halogens is 4. The predicted molar refractivity (Wildman–Crippen MR) is 116 cm³/mol. The van der Waals surface area contributed by atoms with Crippen LogP contribution in [-0.2, 0) is 19.5 Å². The van der Waals surface area contributed by atoms with Crippen molar-refractivity contribution in [2.45, 2.75) is 50.0 Å². The van der Waals surface area contributed by atoms with E-state index in [-0.39, 0.29) is 25.1 Å². The summed E-state index contributed by atoms with van der Waals surface area (Å²) in [6.07, 6.45) is -3.15. The minimum atomic E-state index is -4.67. The first kappa shape index (κ1) is 26.5. The highest BCUT2D eigenvalue weighted by molar-refractivity contribution is 7.88. The van der Waals surface area contributed by atoms with Gasteiger partial charge in [-0.1, -0.05) is 12.1 Å². The fraction of sp³-hybridized carbons (Fsp3) is 0.667. The van der Waals surface area contributed by atoms with Gasteiger partial charge in [0.15, 0.2) is 6.61 Å². The number of piperidine rings is 2. The SMILES string of the molecule is CS(=O)(=O)NC1CCCN(C(=O)OCC(F)(F)F)C1COC1CCN(c2ccccc2F)CC1. The molecule has 3 rings (SSSR count). The van der Waals surface area contributed by atoms with Crippen LogP contribution in [0.5, 0.6) is 0 Å². The second-order valence-electron chi connectivity index (χ2n) is 8.54. The van der Waals surface area contributed by atoms with Crippen molar-refractivity contribution in [2.24, 2.45) is 0 Å². The third-order valence-corrected chi connectivity index (χ3v) is 6.61. The molecule has 2 atom stereocenters. The Hall–Kier alpha value is -2.12. The predicted octanol–water partition coefficient (Wildman–Crippen LogP) is 2.89. The lowest BCUT2D eigenvalue weighted by Gasteiger charge is -2.41. The van der Waals surface area contributed by atoms with Gasteiger partial charge >= 0.3 is 12.3 Å². The van der Waals surface area contributed by atoms with Crippen LogP contribution in [0.3, 0.4) is 0 Å². The van der Waals surface area contributed by atoms with E-state index in [2.05, 4.69) is 9.46 Å². The number of benzene rings is 1. The van der Waals surface area contributed by atoms with Crippen LogP contribution in [0.25, 0.3) is 0 Å². The topological polar surface area (TPSA) is 88.2 Å². The van der Waals surface area contributed by atoms with Crippen LogP contribution in [0.2, 0.25) is 0 Å². The number of nitrogens with zero attached hydrogens (tertiary/aromatic N) is 2. The molecular weight excluding hydrogens is 482 g/mol. The first-order valence-electron chi connectivity index (χ1n) is 11.0. The lowest BCUT2D eigenvalue weighted by Crippen LogP contribution is -2.59. The number of likely N-dealkylation sites (tertiary alicyclic amines) is 1. The number of nitrogens with one attached hydrogen (secondary N) is 1. The maximum Gasteiger partial charge on any atom is 0.422 e. The number of ether oxygens (including phenoxy) is 2. The van der Waals surface area contributed by atoms with E-state index in [1.807, 2.05) is 4.90 Å². The molecule has 192 valence electrons. The van der Waals surface area contributed by atoms with Crippen molar-refractivity contribution in [1.29, 1.82) is 0 Å². The molecule has 2 unspecified atom stereocenters. The molecule has 2 saturated heterocycles. The third-order valence-electron chi connectivity index (χ3n) is 5.88. The van der Waals surface area contributed by atoms with Gasteiger partial charge in [-0.3, -0.25) is 0 Å². The van der Waals surface area contributed by atoms with Gasteiger partial charge in [-0.2, -0.15) is 13.2 Å². The molecule has 1 aromatic rings. The van der Waals surface area contributed by atoms with Crippen molar-refractivity contribution in [3.8, 4) is 0 Å². The molecule has 13 heteroatoms. The number of carbonyl (C=O) groups excluding carboxylic acids is 1. The Morgan fingerprint density at radius 1 is 1.15 bits per heavy atom. The monoisotopic (exact) mass is 511 g/mol. The molecule has 34 heavy (non-hydrogen) atoms. The molecule has 2 aliphatic rings. The average Bonchev–Trinajstić information content (AvgIpc) is 2.76. The zero-order valence-electron chi connectivity index (χ0n) is 18.8. The van der Waals surface area contributed by atoms with Gasteiger partial charge in [-0.05, 0) is 37.8 Å². The molecule has 2 aliphatic heterocycles. The number of carbonyl (C=O) groups is 1. The lowest BCUT2D eigenvalue weighted by atomic mass is 9.97. The van der Waals surface area contributed by atoms with Crippen LogP contribution in [0.4, 0.5) is 28.0 Å². The minimum Gasteiger partial charge on any atom is -0.440 e. The van der Waals surface area contributed by atoms with E-state index >= 15 is 0 Å². The molecule has 1 N–H and O–H groups in total. The Morgan fingerprint density at radius 2 is 1.82 bits per heavy atom. The van der Waals surface area contributed by atoms with Crippen LogP contribution in [-0.4, -0.2) is 82.9 Å². The van der Waals surface area contributed by atoms with Crippen molar-refractivity contribution in [3.05, 3.63) is 30.1 Å². The van der Waals surface area contributed by atoms with Gasteiger partial charge in [-0.15, -0.1) is 0 Å². The Balaban J connectivity index is 1.62. The third kappa shape index (κ3) is 7.70. The molecular formula is C21H29F4N3O5S. The smallest absolute Gasteiger partial charge is 0.422 e. The molecule has 8 nitrogen and oxygen atoms in total. The number of anilines is 1. The highest BCUT2D eigenvalue weighted by Gasteiger charge is 2.39. The molecule has 0 aromatic heterocycles. The quantitative estimate of drug-likeness (QED) is 0.567. The fourth-order valence-electron chi connectivity index (χ4n) is 4.33. The largest absolute Gasteiger partial charge is 0.440 e. The van der Waals surface area contributed by atoms with Gasteiger partial charge in [-0.25, -0.2) is 22.3 Å². The normalized spacial score (nSPS) is 22.6. The van der Waals surface area contributed by atoms with Crippen LogP contribution >= 0.6 is 0 Å². The summed E-state index contributed by atoms with van der Waals surface area (Å²) in [6.45, 7) is -0.594. The number of alkyl halides is 3. The molecule has 1 amide bonds. The lowest BCUT2D eigenvalue weighted by molar-refractivity contribution is -0.163. The van der Waals surface area contributed by atoms with Crippen LogP contribution in [0, 0.1) is 5.82 Å². The van der Waals surface area contributed by atoms with E-state index in [0.717, 1.165) is 11.2 Å². The number of amides is 1. The summed E-state index contributed by atoms with van der Waals surface area (Å²) in [6, 6.07) is 4.92. The number of hydrogen-bond acceptors (Lipinski definition) is 6. The van der Waals surface area contributed by atoms with Crippen molar-refractivity contribution >= 4 is 21.8 Å². The van der Waals surface area contributed by atoms with Crippen molar-refractivity contribution in [2.75, 3.05) is 44.0 Å². The molecule has 0 spiro atoms.